The Balaban J connectivity index is 2.08. The quantitative estimate of drug-likeness (QED) is 0.357. The Morgan fingerprint density at radius 1 is 1.03 bits per heavy atom. The van der Waals surface area contributed by atoms with Crippen LogP contribution in [0.25, 0.3) is 20.7 Å². The third-order valence-electron chi connectivity index (χ3n) is 4.97. The SMILES string of the molecule is N#Cc1c(C(F)(F)F)cc(-c2sc3ccccc3c2CF)n(Cc2ccccc2)c1=O. The van der Waals surface area contributed by atoms with Crippen LogP contribution in [0.15, 0.2) is 65.5 Å². The van der Waals surface area contributed by atoms with Gasteiger partial charge in [-0.15, -0.1) is 11.3 Å². The van der Waals surface area contributed by atoms with Gasteiger partial charge in [-0.3, -0.25) is 4.79 Å². The van der Waals surface area contributed by atoms with Gasteiger partial charge in [0.1, 0.15) is 18.3 Å². The van der Waals surface area contributed by atoms with E-state index in [2.05, 4.69) is 0 Å². The zero-order valence-electron chi connectivity index (χ0n) is 15.9. The van der Waals surface area contributed by atoms with Gasteiger partial charge in [0, 0.05) is 10.3 Å². The molecule has 2 aromatic carbocycles. The van der Waals surface area contributed by atoms with Crippen LogP contribution in [-0.4, -0.2) is 4.57 Å². The summed E-state index contributed by atoms with van der Waals surface area (Å²) >= 11 is 1.12. The summed E-state index contributed by atoms with van der Waals surface area (Å²) < 4.78 is 56.9. The Hall–Kier alpha value is -3.44. The second-order valence-electron chi connectivity index (χ2n) is 6.84. The minimum Gasteiger partial charge on any atom is -0.302 e. The van der Waals surface area contributed by atoms with Crippen LogP contribution >= 0.6 is 11.3 Å². The van der Waals surface area contributed by atoms with Crippen LogP contribution < -0.4 is 5.56 Å². The lowest BCUT2D eigenvalue weighted by Crippen LogP contribution is -2.28. The van der Waals surface area contributed by atoms with Crippen LogP contribution in [0.3, 0.4) is 0 Å². The van der Waals surface area contributed by atoms with Gasteiger partial charge in [-0.1, -0.05) is 48.5 Å². The van der Waals surface area contributed by atoms with Crippen LogP contribution in [0.2, 0.25) is 0 Å². The first-order valence-corrected chi connectivity index (χ1v) is 10.0. The van der Waals surface area contributed by atoms with E-state index in [-0.39, 0.29) is 22.7 Å². The molecule has 0 radical (unpaired) electrons. The van der Waals surface area contributed by atoms with Crippen molar-refractivity contribution in [2.75, 3.05) is 0 Å². The van der Waals surface area contributed by atoms with Crippen molar-refractivity contribution >= 4 is 21.4 Å². The number of halogens is 4. The molecule has 0 spiro atoms. The average Bonchev–Trinajstić information content (AvgIpc) is 3.13. The van der Waals surface area contributed by atoms with Crippen molar-refractivity contribution in [3.05, 3.63) is 93.3 Å². The minimum atomic E-state index is -4.91. The fourth-order valence-corrected chi connectivity index (χ4v) is 4.76. The predicted molar refractivity (Wildman–Crippen MR) is 112 cm³/mol. The van der Waals surface area contributed by atoms with E-state index in [4.69, 9.17) is 0 Å². The highest BCUT2D eigenvalue weighted by molar-refractivity contribution is 7.22. The molecule has 8 heteroatoms. The van der Waals surface area contributed by atoms with E-state index in [1.807, 2.05) is 0 Å². The number of rotatable bonds is 4. The Kier molecular flexibility index (Phi) is 5.38. The molecule has 0 saturated carbocycles. The maximum atomic E-state index is 14.0. The van der Waals surface area contributed by atoms with Gasteiger partial charge in [0.25, 0.3) is 5.56 Å². The van der Waals surface area contributed by atoms with Gasteiger partial charge < -0.3 is 4.57 Å². The summed E-state index contributed by atoms with van der Waals surface area (Å²) in [5.74, 6) is 0. The van der Waals surface area contributed by atoms with Crippen LogP contribution in [0.4, 0.5) is 17.6 Å². The topological polar surface area (TPSA) is 45.8 Å². The Bertz CT molecular complexity index is 1360. The highest BCUT2D eigenvalue weighted by atomic mass is 32.1. The molecule has 0 aliphatic carbocycles. The molecular formula is C23H14F4N2OS. The molecule has 4 aromatic rings. The number of pyridine rings is 1. The van der Waals surface area contributed by atoms with E-state index >= 15 is 0 Å². The fourth-order valence-electron chi connectivity index (χ4n) is 3.53. The lowest BCUT2D eigenvalue weighted by atomic mass is 10.0. The zero-order valence-corrected chi connectivity index (χ0v) is 16.7. The van der Waals surface area contributed by atoms with Crippen molar-refractivity contribution in [2.24, 2.45) is 0 Å². The van der Waals surface area contributed by atoms with E-state index < -0.39 is 29.5 Å². The summed E-state index contributed by atoms with van der Waals surface area (Å²) in [5.41, 5.74) is -2.53. The van der Waals surface area contributed by atoms with E-state index in [9.17, 15) is 27.6 Å². The number of benzene rings is 2. The molecule has 156 valence electrons. The smallest absolute Gasteiger partial charge is 0.302 e. The minimum absolute atomic E-state index is 0.0538. The van der Waals surface area contributed by atoms with Crippen molar-refractivity contribution in [3.63, 3.8) is 0 Å². The summed E-state index contributed by atoms with van der Waals surface area (Å²) in [6.07, 6.45) is -4.91. The van der Waals surface area contributed by atoms with E-state index in [0.29, 0.717) is 15.6 Å². The van der Waals surface area contributed by atoms with Crippen molar-refractivity contribution < 1.29 is 17.6 Å². The largest absolute Gasteiger partial charge is 0.417 e. The lowest BCUT2D eigenvalue weighted by molar-refractivity contribution is -0.137. The third-order valence-corrected chi connectivity index (χ3v) is 6.20. The lowest BCUT2D eigenvalue weighted by Gasteiger charge is -2.17. The molecule has 0 saturated heterocycles. The first-order chi connectivity index (χ1) is 14.8. The van der Waals surface area contributed by atoms with E-state index in [0.717, 1.165) is 22.0 Å². The molecule has 0 N–H and O–H groups in total. The summed E-state index contributed by atoms with van der Waals surface area (Å²) in [4.78, 5) is 13.3. The van der Waals surface area contributed by atoms with Crippen LogP contribution in [-0.2, 0) is 19.4 Å². The monoisotopic (exact) mass is 442 g/mol. The van der Waals surface area contributed by atoms with Gasteiger partial charge in [0.2, 0.25) is 0 Å². The van der Waals surface area contributed by atoms with Gasteiger partial charge in [0.05, 0.1) is 22.7 Å². The predicted octanol–water partition coefficient (Wildman–Crippen LogP) is 6.14. The van der Waals surface area contributed by atoms with Crippen LogP contribution in [0.5, 0.6) is 0 Å². The molecule has 0 atom stereocenters. The Morgan fingerprint density at radius 3 is 2.35 bits per heavy atom. The normalized spacial score (nSPS) is 11.6. The van der Waals surface area contributed by atoms with Gasteiger partial charge in [-0.25, -0.2) is 4.39 Å². The summed E-state index contributed by atoms with van der Waals surface area (Å²) in [7, 11) is 0. The molecule has 0 fully saturated rings. The van der Waals surface area contributed by atoms with Crippen molar-refractivity contribution in [1.82, 2.24) is 4.57 Å². The van der Waals surface area contributed by atoms with Crippen LogP contribution in [0.1, 0.15) is 22.3 Å². The molecule has 2 aromatic heterocycles. The second-order valence-corrected chi connectivity index (χ2v) is 7.90. The van der Waals surface area contributed by atoms with Gasteiger partial charge >= 0.3 is 6.18 Å². The van der Waals surface area contributed by atoms with Gasteiger partial charge in [-0.05, 0) is 23.1 Å². The van der Waals surface area contributed by atoms with E-state index in [1.54, 1.807) is 54.6 Å². The molecule has 0 unspecified atom stereocenters. The molecule has 0 aliphatic heterocycles. The number of alkyl halides is 4. The van der Waals surface area contributed by atoms with Crippen molar-refractivity contribution in [2.45, 2.75) is 19.4 Å². The second kappa shape index (κ2) is 8.00. The van der Waals surface area contributed by atoms with Crippen LogP contribution in [0, 0.1) is 11.3 Å². The van der Waals surface area contributed by atoms with Crippen molar-refractivity contribution in [1.29, 1.82) is 5.26 Å². The molecule has 2 heterocycles. The number of nitrogens with zero attached hydrogens (tertiary/aromatic N) is 2. The summed E-state index contributed by atoms with van der Waals surface area (Å²) in [6.45, 7) is -0.956. The number of thiophene rings is 1. The highest BCUT2D eigenvalue weighted by Gasteiger charge is 2.37. The van der Waals surface area contributed by atoms with Crippen molar-refractivity contribution in [3.8, 4) is 16.6 Å². The zero-order chi connectivity index (χ0) is 22.2. The maximum absolute atomic E-state index is 14.0. The molecule has 3 nitrogen and oxygen atoms in total. The fraction of sp³-hybridized carbons (Fsp3) is 0.130. The molecular weight excluding hydrogens is 428 g/mol. The molecule has 0 bridgehead atoms. The first kappa shape index (κ1) is 20.8. The van der Waals surface area contributed by atoms with Gasteiger partial charge in [-0.2, -0.15) is 18.4 Å². The number of fused-ring (bicyclic) bond motifs is 1. The highest BCUT2D eigenvalue weighted by Crippen LogP contribution is 2.41. The molecule has 0 amide bonds. The molecule has 31 heavy (non-hydrogen) atoms. The summed E-state index contributed by atoms with van der Waals surface area (Å²) in [5, 5.41) is 9.89. The number of nitriles is 1. The van der Waals surface area contributed by atoms with Gasteiger partial charge in [0.15, 0.2) is 0 Å². The van der Waals surface area contributed by atoms with E-state index in [1.165, 1.54) is 6.07 Å². The molecule has 0 aliphatic rings. The third kappa shape index (κ3) is 3.73. The standard InChI is InChI=1S/C23H14F4N2OS/c24-11-16-15-8-4-5-9-20(15)31-21(16)19-10-18(23(25,26)27)17(12-28)22(30)29(19)13-14-6-2-1-3-7-14/h1-10H,11,13H2. The average molecular weight is 442 g/mol. The maximum Gasteiger partial charge on any atom is 0.417 e. The number of hydrogen-bond donors (Lipinski definition) is 0. The summed E-state index contributed by atoms with van der Waals surface area (Å²) in [6, 6.07) is 17.8. The molecule has 4 rings (SSSR count). The Labute approximate surface area is 178 Å². The number of aromatic nitrogens is 1. The Morgan fingerprint density at radius 2 is 1.71 bits per heavy atom. The first-order valence-electron chi connectivity index (χ1n) is 9.21. The number of hydrogen-bond acceptors (Lipinski definition) is 3.